The predicted octanol–water partition coefficient (Wildman–Crippen LogP) is 4.22. The van der Waals surface area contributed by atoms with Crippen molar-refractivity contribution in [1.82, 2.24) is 5.32 Å². The number of rotatable bonds is 5. The fourth-order valence-electron chi connectivity index (χ4n) is 2.43. The van der Waals surface area contributed by atoms with E-state index >= 15 is 0 Å². The maximum Gasteiger partial charge on any atom is 0.407 e. The van der Waals surface area contributed by atoms with Crippen LogP contribution in [0.25, 0.3) is 10.8 Å². The third kappa shape index (κ3) is 4.89. The molecule has 5 heteroatoms. The van der Waals surface area contributed by atoms with Gasteiger partial charge in [0.1, 0.15) is 11.7 Å². The number of benzene rings is 2. The zero-order valence-electron chi connectivity index (χ0n) is 14.2. The van der Waals surface area contributed by atoms with Crippen LogP contribution >= 0.6 is 11.8 Å². The van der Waals surface area contributed by atoms with Gasteiger partial charge in [0.15, 0.2) is 0 Å². The van der Waals surface area contributed by atoms with Crippen LogP contribution in [0.5, 0.6) is 0 Å². The maximum absolute atomic E-state index is 12.0. The Balaban J connectivity index is 1.60. The Morgan fingerprint density at radius 3 is 2.67 bits per heavy atom. The van der Waals surface area contributed by atoms with E-state index in [1.165, 1.54) is 15.7 Å². The van der Waals surface area contributed by atoms with Gasteiger partial charge in [-0.15, -0.1) is 11.8 Å². The number of fused-ring (bicyclic) bond motifs is 1. The van der Waals surface area contributed by atoms with Crippen molar-refractivity contribution in [2.24, 2.45) is 0 Å². The van der Waals surface area contributed by atoms with Gasteiger partial charge in [0.05, 0.1) is 12.6 Å². The maximum atomic E-state index is 12.0. The summed E-state index contributed by atoms with van der Waals surface area (Å²) in [4.78, 5) is 13.2. The van der Waals surface area contributed by atoms with Gasteiger partial charge in [0.2, 0.25) is 0 Å². The molecule has 0 aliphatic carbocycles. The number of thioether (sulfide) groups is 1. The van der Waals surface area contributed by atoms with Crippen LogP contribution in [0.1, 0.15) is 20.8 Å². The van der Waals surface area contributed by atoms with Crippen LogP contribution in [0, 0.1) is 0 Å². The first-order valence-electron chi connectivity index (χ1n) is 8.13. The second kappa shape index (κ2) is 7.03. The Kier molecular flexibility index (Phi) is 5.01. The second-order valence-corrected chi connectivity index (χ2v) is 8.04. The first kappa shape index (κ1) is 17.1. The lowest BCUT2D eigenvalue weighted by Gasteiger charge is -2.22. The quantitative estimate of drug-likeness (QED) is 0.651. The summed E-state index contributed by atoms with van der Waals surface area (Å²) in [5, 5.41) is 5.39. The van der Waals surface area contributed by atoms with Crippen LogP contribution in [0.3, 0.4) is 0 Å². The number of alkyl carbamates (subject to hydrolysis) is 1. The van der Waals surface area contributed by atoms with Crippen molar-refractivity contribution in [2.45, 2.75) is 43.4 Å². The molecule has 3 rings (SSSR count). The topological polar surface area (TPSA) is 50.9 Å². The molecule has 1 amide bonds. The third-order valence-electron chi connectivity index (χ3n) is 3.66. The van der Waals surface area contributed by atoms with Gasteiger partial charge in [-0.25, -0.2) is 4.79 Å². The molecule has 0 saturated carbocycles. The zero-order chi connectivity index (χ0) is 17.2. The van der Waals surface area contributed by atoms with E-state index in [1.54, 1.807) is 11.8 Å². The Hall–Kier alpha value is -1.72. The van der Waals surface area contributed by atoms with Gasteiger partial charge >= 0.3 is 6.09 Å². The van der Waals surface area contributed by atoms with Crippen molar-refractivity contribution in [3.05, 3.63) is 42.5 Å². The van der Waals surface area contributed by atoms with Crippen molar-refractivity contribution < 1.29 is 14.3 Å². The number of amides is 1. The molecule has 1 aliphatic rings. The molecule has 2 atom stereocenters. The van der Waals surface area contributed by atoms with Gasteiger partial charge in [-0.05, 0) is 43.7 Å². The van der Waals surface area contributed by atoms with Crippen LogP contribution < -0.4 is 5.32 Å². The van der Waals surface area contributed by atoms with Gasteiger partial charge < -0.3 is 14.8 Å². The number of carbonyl (C=O) groups is 1. The Morgan fingerprint density at radius 1 is 1.29 bits per heavy atom. The fourth-order valence-corrected chi connectivity index (χ4v) is 3.48. The van der Waals surface area contributed by atoms with Gasteiger partial charge in [0.25, 0.3) is 0 Å². The summed E-state index contributed by atoms with van der Waals surface area (Å²) in [6.07, 6.45) is -0.299. The Bertz CT molecular complexity index is 722. The average molecular weight is 345 g/mol. The third-order valence-corrected chi connectivity index (χ3v) is 4.77. The molecule has 1 N–H and O–H groups in total. The lowest BCUT2D eigenvalue weighted by molar-refractivity contribution is 0.0501. The second-order valence-electron chi connectivity index (χ2n) is 6.94. The molecule has 2 aromatic carbocycles. The van der Waals surface area contributed by atoms with Crippen LogP contribution in [0.4, 0.5) is 4.79 Å². The number of ether oxygens (including phenoxy) is 2. The molecule has 1 saturated heterocycles. The highest BCUT2D eigenvalue weighted by atomic mass is 32.2. The van der Waals surface area contributed by atoms with Crippen molar-refractivity contribution in [2.75, 3.05) is 12.4 Å². The molecule has 4 nitrogen and oxygen atoms in total. The average Bonchev–Trinajstić information content (AvgIpc) is 3.34. The molecule has 1 aliphatic heterocycles. The minimum absolute atomic E-state index is 0.0451. The normalized spacial score (nSPS) is 18.2. The molecule has 0 unspecified atom stereocenters. The van der Waals surface area contributed by atoms with E-state index < -0.39 is 5.60 Å². The molecule has 1 heterocycles. The lowest BCUT2D eigenvalue weighted by Crippen LogP contribution is -2.43. The number of hydrogen-bond donors (Lipinski definition) is 1. The molecule has 2 aromatic rings. The van der Waals surface area contributed by atoms with Crippen molar-refractivity contribution in [3.63, 3.8) is 0 Å². The molecule has 0 spiro atoms. The highest BCUT2D eigenvalue weighted by Gasteiger charge is 2.34. The number of epoxide rings is 1. The highest BCUT2D eigenvalue weighted by molar-refractivity contribution is 7.99. The first-order chi connectivity index (χ1) is 11.4. The van der Waals surface area contributed by atoms with Gasteiger partial charge in [0, 0.05) is 10.6 Å². The molecule has 0 aromatic heterocycles. The summed E-state index contributed by atoms with van der Waals surface area (Å²) in [5.74, 6) is 0.752. The largest absolute Gasteiger partial charge is 0.444 e. The van der Waals surface area contributed by atoms with E-state index in [1.807, 2.05) is 32.9 Å². The summed E-state index contributed by atoms with van der Waals surface area (Å²) in [5.41, 5.74) is -0.496. The number of hydrogen-bond acceptors (Lipinski definition) is 4. The number of nitrogens with one attached hydrogen (secondary N) is 1. The summed E-state index contributed by atoms with van der Waals surface area (Å²) < 4.78 is 10.7. The molecular formula is C19H23NO3S. The van der Waals surface area contributed by atoms with E-state index in [2.05, 4.69) is 35.6 Å². The lowest BCUT2D eigenvalue weighted by atomic mass is 10.1. The van der Waals surface area contributed by atoms with E-state index in [0.29, 0.717) is 6.61 Å². The molecule has 0 bridgehead atoms. The summed E-state index contributed by atoms with van der Waals surface area (Å²) in [6.45, 7) is 6.27. The van der Waals surface area contributed by atoms with Crippen molar-refractivity contribution in [3.8, 4) is 0 Å². The van der Waals surface area contributed by atoms with Crippen LogP contribution in [0.15, 0.2) is 47.4 Å². The van der Waals surface area contributed by atoms with E-state index in [9.17, 15) is 4.79 Å². The first-order valence-corrected chi connectivity index (χ1v) is 9.12. The van der Waals surface area contributed by atoms with Gasteiger partial charge in [-0.2, -0.15) is 0 Å². The van der Waals surface area contributed by atoms with E-state index in [0.717, 1.165) is 5.75 Å². The van der Waals surface area contributed by atoms with Gasteiger partial charge in [-0.1, -0.05) is 30.3 Å². The van der Waals surface area contributed by atoms with Crippen molar-refractivity contribution >= 4 is 28.6 Å². The summed E-state index contributed by atoms with van der Waals surface area (Å²) in [7, 11) is 0. The minimum Gasteiger partial charge on any atom is -0.444 e. The Labute approximate surface area is 146 Å². The molecule has 128 valence electrons. The monoisotopic (exact) mass is 345 g/mol. The SMILES string of the molecule is CC(C)(C)OC(=O)N[C@@H](CSc1ccc2ccccc2c1)[C@H]1CO1. The van der Waals surface area contributed by atoms with Crippen LogP contribution in [-0.2, 0) is 9.47 Å². The van der Waals surface area contributed by atoms with Crippen molar-refractivity contribution in [1.29, 1.82) is 0 Å². The predicted molar refractivity (Wildman–Crippen MR) is 97.6 cm³/mol. The van der Waals surface area contributed by atoms with Gasteiger partial charge in [-0.3, -0.25) is 0 Å². The standard InChI is InChI=1S/C19H23NO3S/c1-19(2,3)23-18(21)20-16(17-11-22-17)12-24-15-9-8-13-6-4-5-7-14(13)10-15/h4-10,16-17H,11-12H2,1-3H3,(H,20,21)/t16-,17+/m0/s1. The Morgan fingerprint density at radius 2 is 2.00 bits per heavy atom. The molecule has 0 radical (unpaired) electrons. The number of carbonyl (C=O) groups excluding carboxylic acids is 1. The molecule has 24 heavy (non-hydrogen) atoms. The fraction of sp³-hybridized carbons (Fsp3) is 0.421. The highest BCUT2D eigenvalue weighted by Crippen LogP contribution is 2.27. The summed E-state index contributed by atoms with van der Waals surface area (Å²) >= 11 is 1.72. The van der Waals surface area contributed by atoms with E-state index in [4.69, 9.17) is 9.47 Å². The summed E-state index contributed by atoms with van der Waals surface area (Å²) in [6, 6.07) is 14.7. The minimum atomic E-state index is -0.496. The van der Waals surface area contributed by atoms with E-state index in [-0.39, 0.29) is 18.2 Å². The zero-order valence-corrected chi connectivity index (χ0v) is 15.1. The van der Waals surface area contributed by atoms with Crippen LogP contribution in [-0.4, -0.2) is 36.2 Å². The molecular weight excluding hydrogens is 322 g/mol. The van der Waals surface area contributed by atoms with Crippen LogP contribution in [0.2, 0.25) is 0 Å². The smallest absolute Gasteiger partial charge is 0.407 e. The molecule has 1 fully saturated rings.